The van der Waals surface area contributed by atoms with Gasteiger partial charge in [0.05, 0.1) is 34.6 Å². The number of ether oxygens (including phenoxy) is 1. The molecule has 3 N–H and O–H groups in total. The topological polar surface area (TPSA) is 95.8 Å². The van der Waals surface area contributed by atoms with Gasteiger partial charge in [-0.25, -0.2) is 10.4 Å². The fraction of sp³-hybridized carbons (Fsp3) is 0.167. The molecule has 0 fully saturated rings. The van der Waals surface area contributed by atoms with Gasteiger partial charge in [-0.05, 0) is 36.8 Å². The zero-order chi connectivity index (χ0) is 19.2. The standard InChI is InChI=1S/C18H17ClN4O3S/c1-2-26-14-8-11(7-12(19)17(14)25)9-21-23-16(24)10-20-18-22-13-5-3-4-6-15(13)27-18/h3-9,25H,2,10H2,1H3,(H,20,22)(H,23,24)/b21-9+. The predicted octanol–water partition coefficient (Wildman–Crippen LogP) is 3.62. The lowest BCUT2D eigenvalue weighted by atomic mass is 10.2. The molecule has 0 unspecified atom stereocenters. The maximum absolute atomic E-state index is 11.9. The minimum absolute atomic E-state index is 0.0394. The van der Waals surface area contributed by atoms with E-state index in [4.69, 9.17) is 16.3 Å². The third kappa shape index (κ3) is 4.87. The van der Waals surface area contributed by atoms with Gasteiger partial charge in [0.15, 0.2) is 16.6 Å². The van der Waals surface area contributed by atoms with Crippen molar-refractivity contribution < 1.29 is 14.6 Å². The second-order valence-electron chi connectivity index (χ2n) is 5.42. The first kappa shape index (κ1) is 18.9. The highest BCUT2D eigenvalue weighted by Crippen LogP contribution is 2.34. The van der Waals surface area contributed by atoms with Gasteiger partial charge in [0.25, 0.3) is 5.91 Å². The Kier molecular flexibility index (Phi) is 6.10. The molecule has 0 atom stereocenters. The van der Waals surface area contributed by atoms with Crippen LogP contribution in [0.5, 0.6) is 11.5 Å². The Bertz CT molecular complexity index is 957. The molecule has 0 radical (unpaired) electrons. The number of rotatable bonds is 7. The molecule has 27 heavy (non-hydrogen) atoms. The van der Waals surface area contributed by atoms with Crippen molar-refractivity contribution in [3.8, 4) is 11.5 Å². The summed E-state index contributed by atoms with van der Waals surface area (Å²) in [4.78, 5) is 16.3. The van der Waals surface area contributed by atoms with Crippen LogP contribution in [0.1, 0.15) is 12.5 Å². The van der Waals surface area contributed by atoms with Crippen molar-refractivity contribution in [3.05, 3.63) is 47.0 Å². The number of aromatic nitrogens is 1. The van der Waals surface area contributed by atoms with Crippen LogP contribution in [0.4, 0.5) is 5.13 Å². The summed E-state index contributed by atoms with van der Waals surface area (Å²) >= 11 is 7.43. The third-order valence-corrected chi connectivity index (χ3v) is 4.73. The lowest BCUT2D eigenvalue weighted by Crippen LogP contribution is -2.25. The van der Waals surface area contributed by atoms with Crippen LogP contribution in [-0.4, -0.2) is 35.4 Å². The van der Waals surface area contributed by atoms with Gasteiger partial charge < -0.3 is 15.2 Å². The highest BCUT2D eigenvalue weighted by Gasteiger charge is 2.09. The first-order valence-electron chi connectivity index (χ1n) is 8.13. The molecule has 140 valence electrons. The fourth-order valence-corrected chi connectivity index (χ4v) is 3.34. The summed E-state index contributed by atoms with van der Waals surface area (Å²) in [6.45, 7) is 2.23. The molecule has 3 aromatic rings. The molecule has 3 rings (SSSR count). The number of aromatic hydroxyl groups is 1. The van der Waals surface area contributed by atoms with E-state index in [0.29, 0.717) is 17.3 Å². The number of carbonyl (C=O) groups is 1. The van der Waals surface area contributed by atoms with Gasteiger partial charge in [-0.3, -0.25) is 4.79 Å². The number of amides is 1. The quantitative estimate of drug-likeness (QED) is 0.413. The molecule has 1 heterocycles. The average Bonchev–Trinajstić information content (AvgIpc) is 3.07. The van der Waals surface area contributed by atoms with Crippen molar-refractivity contribution in [2.45, 2.75) is 6.92 Å². The van der Waals surface area contributed by atoms with Gasteiger partial charge in [-0.15, -0.1) is 0 Å². The number of phenols is 1. The molecule has 0 aliphatic carbocycles. The van der Waals surface area contributed by atoms with Crippen LogP contribution in [-0.2, 0) is 4.79 Å². The molecule has 9 heteroatoms. The van der Waals surface area contributed by atoms with Gasteiger partial charge in [-0.1, -0.05) is 35.1 Å². The molecular weight excluding hydrogens is 388 g/mol. The molecule has 2 aromatic carbocycles. The highest BCUT2D eigenvalue weighted by atomic mass is 35.5. The number of fused-ring (bicyclic) bond motifs is 1. The summed E-state index contributed by atoms with van der Waals surface area (Å²) in [6, 6.07) is 10.9. The van der Waals surface area contributed by atoms with E-state index in [1.54, 1.807) is 13.0 Å². The minimum Gasteiger partial charge on any atom is -0.503 e. The molecule has 0 aliphatic rings. The van der Waals surface area contributed by atoms with Crippen molar-refractivity contribution in [2.24, 2.45) is 5.10 Å². The Morgan fingerprint density at radius 2 is 2.22 bits per heavy atom. The summed E-state index contributed by atoms with van der Waals surface area (Å²) in [7, 11) is 0. The predicted molar refractivity (Wildman–Crippen MR) is 108 cm³/mol. The number of hydrazone groups is 1. The fourth-order valence-electron chi connectivity index (χ4n) is 2.26. The van der Waals surface area contributed by atoms with Gasteiger partial charge in [0.2, 0.25) is 0 Å². The number of para-hydroxylation sites is 1. The zero-order valence-corrected chi connectivity index (χ0v) is 16.0. The number of benzene rings is 2. The molecular formula is C18H17ClN4O3S. The number of nitrogens with zero attached hydrogens (tertiary/aromatic N) is 2. The highest BCUT2D eigenvalue weighted by molar-refractivity contribution is 7.22. The molecule has 0 spiro atoms. The van der Waals surface area contributed by atoms with Crippen LogP contribution < -0.4 is 15.5 Å². The van der Waals surface area contributed by atoms with Crippen molar-refractivity contribution in [2.75, 3.05) is 18.5 Å². The van der Waals surface area contributed by atoms with E-state index in [1.165, 1.54) is 23.6 Å². The monoisotopic (exact) mass is 404 g/mol. The van der Waals surface area contributed by atoms with Crippen molar-refractivity contribution in [1.82, 2.24) is 10.4 Å². The average molecular weight is 405 g/mol. The van der Waals surface area contributed by atoms with E-state index >= 15 is 0 Å². The SMILES string of the molecule is CCOc1cc(/C=N/NC(=O)CNc2nc3ccccc3s2)cc(Cl)c1O. The smallest absolute Gasteiger partial charge is 0.259 e. The molecule has 0 aliphatic heterocycles. The van der Waals surface area contributed by atoms with Crippen LogP contribution >= 0.6 is 22.9 Å². The number of nitrogens with one attached hydrogen (secondary N) is 2. The Morgan fingerprint density at radius 1 is 1.41 bits per heavy atom. The Labute approximate surface area is 164 Å². The molecule has 0 saturated heterocycles. The van der Waals surface area contributed by atoms with Crippen LogP contribution in [0.3, 0.4) is 0 Å². The molecule has 1 amide bonds. The normalized spacial score (nSPS) is 11.0. The van der Waals surface area contributed by atoms with Gasteiger partial charge in [0, 0.05) is 0 Å². The van der Waals surface area contributed by atoms with E-state index in [2.05, 4.69) is 20.8 Å². The molecule has 0 bridgehead atoms. The second-order valence-corrected chi connectivity index (χ2v) is 6.85. The summed E-state index contributed by atoms with van der Waals surface area (Å²) < 4.78 is 6.35. The first-order chi connectivity index (χ1) is 13.1. The number of carbonyl (C=O) groups excluding carboxylic acids is 1. The summed E-state index contributed by atoms with van der Waals surface area (Å²) in [5.41, 5.74) is 3.89. The van der Waals surface area contributed by atoms with E-state index in [9.17, 15) is 9.90 Å². The van der Waals surface area contributed by atoms with Crippen molar-refractivity contribution in [3.63, 3.8) is 0 Å². The Balaban J connectivity index is 1.55. The number of halogens is 1. The lowest BCUT2D eigenvalue weighted by molar-refractivity contribution is -0.119. The number of phenolic OH excluding ortho intramolecular Hbond substituents is 1. The molecule has 0 saturated carbocycles. The van der Waals surface area contributed by atoms with Crippen molar-refractivity contribution in [1.29, 1.82) is 0 Å². The van der Waals surface area contributed by atoms with E-state index in [-0.39, 0.29) is 29.0 Å². The summed E-state index contributed by atoms with van der Waals surface area (Å²) in [5, 5.41) is 17.5. The van der Waals surface area contributed by atoms with E-state index < -0.39 is 0 Å². The second kappa shape index (κ2) is 8.70. The van der Waals surface area contributed by atoms with Crippen LogP contribution in [0.15, 0.2) is 41.5 Å². The van der Waals surface area contributed by atoms with Crippen molar-refractivity contribution >= 4 is 50.4 Å². The van der Waals surface area contributed by atoms with Crippen LogP contribution in [0.25, 0.3) is 10.2 Å². The summed E-state index contributed by atoms with van der Waals surface area (Å²) in [5.74, 6) is -0.185. The lowest BCUT2D eigenvalue weighted by Gasteiger charge is -2.08. The number of anilines is 1. The molecule has 7 nitrogen and oxygen atoms in total. The van der Waals surface area contributed by atoms with Gasteiger partial charge >= 0.3 is 0 Å². The van der Waals surface area contributed by atoms with E-state index in [0.717, 1.165) is 10.2 Å². The van der Waals surface area contributed by atoms with Crippen LogP contribution in [0, 0.1) is 0 Å². The van der Waals surface area contributed by atoms with Crippen LogP contribution in [0.2, 0.25) is 5.02 Å². The number of thiazole rings is 1. The van der Waals surface area contributed by atoms with E-state index in [1.807, 2.05) is 24.3 Å². The largest absolute Gasteiger partial charge is 0.503 e. The van der Waals surface area contributed by atoms with Gasteiger partial charge in [-0.2, -0.15) is 5.10 Å². The maximum Gasteiger partial charge on any atom is 0.259 e. The van der Waals surface area contributed by atoms with Gasteiger partial charge in [0.1, 0.15) is 0 Å². The third-order valence-electron chi connectivity index (χ3n) is 3.45. The molecule has 1 aromatic heterocycles. The number of hydrogen-bond donors (Lipinski definition) is 3. The zero-order valence-electron chi connectivity index (χ0n) is 14.4. The minimum atomic E-state index is -0.319. The Morgan fingerprint density at radius 3 is 3.00 bits per heavy atom. The first-order valence-corrected chi connectivity index (χ1v) is 9.33. The Hall–Kier alpha value is -2.84. The maximum atomic E-state index is 11.9. The summed E-state index contributed by atoms with van der Waals surface area (Å²) in [6.07, 6.45) is 1.42. The number of hydrogen-bond acceptors (Lipinski definition) is 7.